The van der Waals surface area contributed by atoms with Crippen LogP contribution in [-0.2, 0) is 6.42 Å². The summed E-state index contributed by atoms with van der Waals surface area (Å²) in [6.07, 6.45) is 5.32. The molecule has 0 N–H and O–H groups in total. The summed E-state index contributed by atoms with van der Waals surface area (Å²) in [4.78, 5) is 4.89. The predicted octanol–water partition coefficient (Wildman–Crippen LogP) is 9.08. The Hall–Kier alpha value is -2.41. The number of rotatable bonds is 11. The van der Waals surface area contributed by atoms with E-state index < -0.39 is 0 Å². The van der Waals surface area contributed by atoms with E-state index in [4.69, 9.17) is 4.99 Å². The van der Waals surface area contributed by atoms with Gasteiger partial charge in [0.05, 0.1) is 0 Å². The van der Waals surface area contributed by atoms with E-state index in [-0.39, 0.29) is 0 Å². The first-order valence-electron chi connectivity index (χ1n) is 11.9. The van der Waals surface area contributed by atoms with E-state index in [9.17, 15) is 0 Å². The molecule has 0 amide bonds. The minimum atomic E-state index is 0.507. The van der Waals surface area contributed by atoms with Gasteiger partial charge in [-0.25, -0.2) is 0 Å². The van der Waals surface area contributed by atoms with Crippen molar-refractivity contribution in [3.05, 3.63) is 90.1 Å². The van der Waals surface area contributed by atoms with Crippen molar-refractivity contribution in [1.82, 2.24) is 0 Å². The average molecular weight is 418 g/mol. The molecule has 2 aromatic rings. The lowest BCUT2D eigenvalue weighted by molar-refractivity contribution is 0.463. The second-order valence-electron chi connectivity index (χ2n) is 8.67. The van der Waals surface area contributed by atoms with Crippen LogP contribution in [0.15, 0.2) is 78.4 Å². The highest BCUT2D eigenvalue weighted by Gasteiger charge is 2.15. The number of allylic oxidation sites excluding steroid dienone is 2. The molecule has 0 aliphatic rings. The van der Waals surface area contributed by atoms with Crippen LogP contribution >= 0.6 is 0 Å². The second-order valence-corrected chi connectivity index (χ2v) is 8.67. The third kappa shape index (κ3) is 10.4. The van der Waals surface area contributed by atoms with Gasteiger partial charge >= 0.3 is 0 Å². The molecule has 0 saturated carbocycles. The Morgan fingerprint density at radius 3 is 2.26 bits per heavy atom. The molecule has 1 atom stereocenters. The van der Waals surface area contributed by atoms with Crippen molar-refractivity contribution < 1.29 is 0 Å². The van der Waals surface area contributed by atoms with E-state index in [1.807, 2.05) is 19.9 Å². The zero-order valence-corrected chi connectivity index (χ0v) is 20.7. The smallest absolute Gasteiger partial charge is 0.0375 e. The summed E-state index contributed by atoms with van der Waals surface area (Å²) in [5.41, 5.74) is 7.24. The Balaban J connectivity index is 0.00000233. The molecule has 1 unspecified atom stereocenters. The third-order valence-corrected chi connectivity index (χ3v) is 5.39. The van der Waals surface area contributed by atoms with Crippen LogP contribution in [0.1, 0.15) is 77.0 Å². The van der Waals surface area contributed by atoms with Crippen LogP contribution in [0.5, 0.6) is 0 Å². The number of hydrogen-bond acceptors (Lipinski definition) is 1. The third-order valence-electron chi connectivity index (χ3n) is 5.39. The van der Waals surface area contributed by atoms with E-state index in [1.54, 1.807) is 0 Å². The molecule has 0 heterocycles. The van der Waals surface area contributed by atoms with Crippen LogP contribution in [-0.4, -0.2) is 5.71 Å². The minimum absolute atomic E-state index is 0.507. The summed E-state index contributed by atoms with van der Waals surface area (Å²) in [6, 6.07) is 19.1. The Morgan fingerprint density at radius 2 is 1.65 bits per heavy atom. The van der Waals surface area contributed by atoms with Crippen LogP contribution < -0.4 is 0 Å². The highest BCUT2D eigenvalue weighted by atomic mass is 14.8. The molecular weight excluding hydrogens is 374 g/mol. The maximum Gasteiger partial charge on any atom is 0.0375 e. The Labute approximate surface area is 192 Å². The van der Waals surface area contributed by atoms with Gasteiger partial charge in [-0.2, -0.15) is 0 Å². The molecule has 2 rings (SSSR count). The summed E-state index contributed by atoms with van der Waals surface area (Å²) in [5, 5.41) is 0. The number of nitrogens with zero attached hydrogens (tertiary/aromatic N) is 1. The van der Waals surface area contributed by atoms with E-state index in [2.05, 4.69) is 89.4 Å². The fourth-order valence-corrected chi connectivity index (χ4v) is 3.85. The van der Waals surface area contributed by atoms with Crippen molar-refractivity contribution in [1.29, 1.82) is 0 Å². The van der Waals surface area contributed by atoms with Crippen molar-refractivity contribution in [3.8, 4) is 0 Å². The largest absolute Gasteiger partial charge is 0.263 e. The first-order chi connectivity index (χ1) is 14.8. The molecule has 31 heavy (non-hydrogen) atoms. The Bertz CT molecular complexity index is 827. The van der Waals surface area contributed by atoms with Crippen molar-refractivity contribution in [2.24, 2.45) is 16.8 Å². The van der Waals surface area contributed by atoms with E-state index in [1.165, 1.54) is 34.4 Å². The lowest BCUT2D eigenvalue weighted by Gasteiger charge is -2.20. The van der Waals surface area contributed by atoms with Crippen molar-refractivity contribution in [2.75, 3.05) is 0 Å². The molecule has 0 radical (unpaired) electrons. The fourth-order valence-electron chi connectivity index (χ4n) is 3.85. The molecule has 0 aliphatic carbocycles. The number of hydrogen-bond donors (Lipinski definition) is 0. The lowest BCUT2D eigenvalue weighted by atomic mass is 9.87. The molecule has 0 aromatic heterocycles. The van der Waals surface area contributed by atoms with Crippen LogP contribution in [0, 0.1) is 18.8 Å². The molecule has 1 nitrogen and oxygen atoms in total. The minimum Gasteiger partial charge on any atom is -0.263 e. The van der Waals surface area contributed by atoms with Gasteiger partial charge in [-0.15, -0.1) is 0 Å². The fraction of sp³-hybridized carbons (Fsp3) is 0.433. The highest BCUT2D eigenvalue weighted by Crippen LogP contribution is 2.25. The summed E-state index contributed by atoms with van der Waals surface area (Å²) < 4.78 is 0. The van der Waals surface area contributed by atoms with Crippen molar-refractivity contribution >= 4 is 11.3 Å². The van der Waals surface area contributed by atoms with E-state index >= 15 is 0 Å². The topological polar surface area (TPSA) is 12.4 Å². The maximum absolute atomic E-state index is 4.89. The number of aryl methyl sites for hydroxylation is 1. The molecular formula is C30H43N. The Kier molecular flexibility index (Phi) is 12.5. The molecule has 1 heteroatoms. The zero-order valence-electron chi connectivity index (χ0n) is 20.7. The average Bonchev–Trinajstić information content (AvgIpc) is 2.74. The molecule has 0 aliphatic heterocycles. The van der Waals surface area contributed by atoms with Crippen LogP contribution in [0.4, 0.5) is 0 Å². The molecule has 0 fully saturated rings. The summed E-state index contributed by atoms with van der Waals surface area (Å²) in [5.74, 6) is 1.17. The zero-order chi connectivity index (χ0) is 23.2. The van der Waals surface area contributed by atoms with Gasteiger partial charge < -0.3 is 0 Å². The number of aliphatic imine (C=N–C) groups is 1. The number of benzene rings is 2. The maximum atomic E-state index is 4.89. The van der Waals surface area contributed by atoms with Gasteiger partial charge in [0.15, 0.2) is 0 Å². The molecule has 0 bridgehead atoms. The first kappa shape index (κ1) is 26.6. The van der Waals surface area contributed by atoms with Crippen molar-refractivity contribution in [2.45, 2.75) is 73.6 Å². The Morgan fingerprint density at radius 1 is 0.968 bits per heavy atom. The summed E-state index contributed by atoms with van der Waals surface area (Å²) in [7, 11) is 0. The van der Waals surface area contributed by atoms with Crippen LogP contribution in [0.2, 0.25) is 0 Å². The van der Waals surface area contributed by atoms with Crippen LogP contribution in [0.3, 0.4) is 0 Å². The molecule has 0 saturated heterocycles. The summed E-state index contributed by atoms with van der Waals surface area (Å²) >= 11 is 0. The molecule has 168 valence electrons. The van der Waals surface area contributed by atoms with Gasteiger partial charge in [-0.05, 0) is 68.1 Å². The van der Waals surface area contributed by atoms with Gasteiger partial charge in [0.1, 0.15) is 0 Å². The van der Waals surface area contributed by atoms with Gasteiger partial charge in [-0.1, -0.05) is 101 Å². The standard InChI is InChI=1S/C28H37N.C2H6/c1-21(2)18-28(17-11-13-23(4)27-16-10-12-22(3)19-27)25(6)29-24(5)20-26-14-8-7-9-15-26;1-2/h7-10,12,14-16,19,21,28H,4-5,11,13,17-18,20H2,1-3,6H3;1-2H3. The van der Waals surface area contributed by atoms with E-state index in [0.29, 0.717) is 11.8 Å². The quantitative estimate of drug-likeness (QED) is 0.323. The second kappa shape index (κ2) is 14.6. The first-order valence-corrected chi connectivity index (χ1v) is 11.9. The predicted molar refractivity (Wildman–Crippen MR) is 141 cm³/mol. The van der Waals surface area contributed by atoms with Crippen LogP contribution in [0.25, 0.3) is 5.57 Å². The summed E-state index contributed by atoms with van der Waals surface area (Å²) in [6.45, 7) is 21.4. The van der Waals surface area contributed by atoms with Gasteiger partial charge in [0.25, 0.3) is 0 Å². The van der Waals surface area contributed by atoms with Gasteiger partial charge in [-0.3, -0.25) is 4.99 Å². The monoisotopic (exact) mass is 417 g/mol. The normalized spacial score (nSPS) is 12.2. The molecule has 0 spiro atoms. The SMILES string of the molecule is C=C(Cc1ccccc1)N=C(C)C(CCCC(=C)c1cccc(C)c1)CC(C)C.CC. The lowest BCUT2D eigenvalue weighted by Crippen LogP contribution is -2.14. The van der Waals surface area contributed by atoms with Gasteiger partial charge in [0.2, 0.25) is 0 Å². The van der Waals surface area contributed by atoms with Crippen molar-refractivity contribution in [3.63, 3.8) is 0 Å². The molecule has 2 aromatic carbocycles. The van der Waals surface area contributed by atoms with E-state index in [0.717, 1.165) is 31.4 Å². The van der Waals surface area contributed by atoms with Gasteiger partial charge in [0, 0.05) is 17.8 Å². The highest BCUT2D eigenvalue weighted by molar-refractivity contribution is 5.85.